The Labute approximate surface area is 180 Å². The van der Waals surface area contributed by atoms with Gasteiger partial charge in [-0.3, -0.25) is 4.55 Å². The summed E-state index contributed by atoms with van der Waals surface area (Å²) in [6.07, 6.45) is 12.3. The van der Waals surface area contributed by atoms with Gasteiger partial charge in [0.05, 0.1) is 0 Å². The second-order valence-electron chi connectivity index (χ2n) is 7.71. The molecule has 6 heteroatoms. The Morgan fingerprint density at radius 3 is 1.93 bits per heavy atom. The number of rotatable bonds is 14. The van der Waals surface area contributed by atoms with Gasteiger partial charge in [0.1, 0.15) is 16.4 Å². The van der Waals surface area contributed by atoms with Gasteiger partial charge in [-0.25, -0.2) is 0 Å². The van der Waals surface area contributed by atoms with Crippen LogP contribution in [0, 0.1) is 0 Å². The lowest BCUT2D eigenvalue weighted by Crippen LogP contribution is -2.04. The molecule has 0 amide bonds. The largest absolute Gasteiger partial charge is 0.508 e. The fraction of sp³-hybridized carbons (Fsp3) is 0.500. The molecule has 0 fully saturated rings. The van der Waals surface area contributed by atoms with Gasteiger partial charge >= 0.3 is 0 Å². The summed E-state index contributed by atoms with van der Waals surface area (Å²) in [6.45, 7) is 2.22. The average molecular weight is 435 g/mol. The maximum Gasteiger partial charge on any atom is 0.298 e. The van der Waals surface area contributed by atoms with Gasteiger partial charge < -0.3 is 9.84 Å². The van der Waals surface area contributed by atoms with Crippen molar-refractivity contribution >= 4 is 10.1 Å². The third-order valence-corrected chi connectivity index (χ3v) is 6.10. The highest BCUT2D eigenvalue weighted by molar-refractivity contribution is 7.86. The number of unbranched alkanes of at least 4 members (excludes halogenated alkanes) is 9. The molecule has 0 aliphatic heterocycles. The van der Waals surface area contributed by atoms with Crippen LogP contribution in [-0.2, 0) is 16.5 Å². The molecule has 0 bridgehead atoms. The highest BCUT2D eigenvalue weighted by Gasteiger charge is 2.23. The second-order valence-corrected chi connectivity index (χ2v) is 9.10. The zero-order chi connectivity index (χ0) is 21.8. The first-order chi connectivity index (χ1) is 14.4. The van der Waals surface area contributed by atoms with Crippen LogP contribution in [0.1, 0.15) is 76.7 Å². The van der Waals surface area contributed by atoms with E-state index < -0.39 is 10.1 Å². The Hall–Kier alpha value is -2.05. The van der Waals surface area contributed by atoms with Crippen LogP contribution in [0.3, 0.4) is 0 Å². The fourth-order valence-electron chi connectivity index (χ4n) is 3.55. The molecule has 2 aromatic carbocycles. The summed E-state index contributed by atoms with van der Waals surface area (Å²) < 4.78 is 39.1. The first kappa shape index (κ1) is 24.2. The molecule has 0 aliphatic rings. The highest BCUT2D eigenvalue weighted by atomic mass is 32.2. The zero-order valence-corrected chi connectivity index (χ0v) is 18.7. The molecule has 0 saturated carbocycles. The predicted octanol–water partition coefficient (Wildman–Crippen LogP) is 6.89. The van der Waals surface area contributed by atoms with Gasteiger partial charge in [0.2, 0.25) is 0 Å². The van der Waals surface area contributed by atoms with E-state index in [1.165, 1.54) is 57.1 Å². The van der Waals surface area contributed by atoms with Gasteiger partial charge in [-0.05, 0) is 37.1 Å². The number of para-hydroxylation sites is 1. The van der Waals surface area contributed by atoms with E-state index in [1.807, 2.05) is 6.07 Å². The van der Waals surface area contributed by atoms with Crippen LogP contribution in [-0.4, -0.2) is 18.1 Å². The molecule has 0 atom stereocenters. The van der Waals surface area contributed by atoms with E-state index >= 15 is 0 Å². The van der Waals surface area contributed by atoms with E-state index in [0.29, 0.717) is 17.7 Å². The summed E-state index contributed by atoms with van der Waals surface area (Å²) >= 11 is 0. The Morgan fingerprint density at radius 2 is 1.37 bits per heavy atom. The van der Waals surface area contributed by atoms with Gasteiger partial charge in [-0.15, -0.1) is 0 Å². The van der Waals surface area contributed by atoms with E-state index in [0.717, 1.165) is 19.3 Å². The van der Waals surface area contributed by atoms with E-state index in [2.05, 4.69) is 6.92 Å². The molecule has 0 heterocycles. The molecule has 2 rings (SSSR count). The fourth-order valence-corrected chi connectivity index (χ4v) is 4.19. The smallest absolute Gasteiger partial charge is 0.298 e. The molecule has 0 aliphatic carbocycles. The van der Waals surface area contributed by atoms with Crippen LogP contribution in [0.25, 0.3) is 0 Å². The van der Waals surface area contributed by atoms with E-state index in [9.17, 15) is 18.1 Å². The summed E-state index contributed by atoms with van der Waals surface area (Å²) in [6, 6.07) is 11.2. The second kappa shape index (κ2) is 12.6. The lowest BCUT2D eigenvalue weighted by molar-refractivity contribution is 0.425. The standard InChI is InChI=1S/C24H34O5S/c1-2-3-4-5-6-7-8-9-10-14-17-21-22(25)18-19-23(30(26,27)28)24(21)29-20-15-12-11-13-16-20/h11-13,15-16,18-19,25H,2-10,14,17H2,1H3,(H,26,27,28). The predicted molar refractivity (Wildman–Crippen MR) is 120 cm³/mol. The summed E-state index contributed by atoms with van der Waals surface area (Å²) in [5, 5.41) is 10.3. The molecule has 0 unspecified atom stereocenters. The van der Waals surface area contributed by atoms with Crippen molar-refractivity contribution in [3.05, 3.63) is 48.0 Å². The lowest BCUT2D eigenvalue weighted by Gasteiger charge is -2.16. The Morgan fingerprint density at radius 1 is 0.800 bits per heavy atom. The number of hydrogen-bond donors (Lipinski definition) is 2. The van der Waals surface area contributed by atoms with Gasteiger partial charge in [0.15, 0.2) is 5.75 Å². The maximum absolute atomic E-state index is 11.8. The molecule has 30 heavy (non-hydrogen) atoms. The SMILES string of the molecule is CCCCCCCCCCCCc1c(O)ccc(S(=O)(=O)O)c1Oc1ccccc1. The maximum atomic E-state index is 11.8. The average Bonchev–Trinajstić information content (AvgIpc) is 2.71. The summed E-state index contributed by atoms with van der Waals surface area (Å²) in [4.78, 5) is -0.328. The monoisotopic (exact) mass is 434 g/mol. The van der Waals surface area contributed by atoms with Gasteiger partial charge in [-0.2, -0.15) is 8.42 Å². The van der Waals surface area contributed by atoms with Crippen molar-refractivity contribution in [3.8, 4) is 17.2 Å². The molecular weight excluding hydrogens is 400 g/mol. The molecule has 2 N–H and O–H groups in total. The number of ether oxygens (including phenoxy) is 1. The van der Waals surface area contributed by atoms with Gasteiger partial charge in [-0.1, -0.05) is 82.9 Å². The van der Waals surface area contributed by atoms with E-state index in [-0.39, 0.29) is 16.4 Å². The van der Waals surface area contributed by atoms with Crippen molar-refractivity contribution in [2.75, 3.05) is 0 Å². The quantitative estimate of drug-likeness (QED) is 0.250. The first-order valence-electron chi connectivity index (χ1n) is 11.0. The summed E-state index contributed by atoms with van der Waals surface area (Å²) in [7, 11) is -4.48. The molecule has 2 aromatic rings. The summed E-state index contributed by atoms with van der Waals surface area (Å²) in [5.74, 6) is 0.418. The lowest BCUT2D eigenvalue weighted by atomic mass is 10.0. The zero-order valence-electron chi connectivity index (χ0n) is 17.8. The number of benzene rings is 2. The van der Waals surface area contributed by atoms with Crippen molar-refractivity contribution in [1.82, 2.24) is 0 Å². The van der Waals surface area contributed by atoms with Gasteiger partial charge in [0.25, 0.3) is 10.1 Å². The van der Waals surface area contributed by atoms with Crippen molar-refractivity contribution < 1.29 is 22.8 Å². The highest BCUT2D eigenvalue weighted by Crippen LogP contribution is 2.38. The molecule has 166 valence electrons. The normalized spacial score (nSPS) is 11.5. The molecule has 0 saturated heterocycles. The van der Waals surface area contributed by atoms with Crippen molar-refractivity contribution in [2.24, 2.45) is 0 Å². The van der Waals surface area contributed by atoms with Crippen LogP contribution < -0.4 is 4.74 Å². The van der Waals surface area contributed by atoms with Crippen LogP contribution in [0.5, 0.6) is 17.2 Å². The molecule has 0 aromatic heterocycles. The van der Waals surface area contributed by atoms with Crippen LogP contribution in [0.15, 0.2) is 47.4 Å². The van der Waals surface area contributed by atoms with E-state index in [1.54, 1.807) is 24.3 Å². The van der Waals surface area contributed by atoms with Crippen LogP contribution in [0.4, 0.5) is 0 Å². The van der Waals surface area contributed by atoms with Crippen molar-refractivity contribution in [3.63, 3.8) is 0 Å². The van der Waals surface area contributed by atoms with Crippen molar-refractivity contribution in [1.29, 1.82) is 0 Å². The molecule has 0 spiro atoms. The van der Waals surface area contributed by atoms with Crippen LogP contribution in [0.2, 0.25) is 0 Å². The third-order valence-electron chi connectivity index (χ3n) is 5.22. The van der Waals surface area contributed by atoms with Crippen LogP contribution >= 0.6 is 0 Å². The Kier molecular flexibility index (Phi) is 10.2. The third kappa shape index (κ3) is 8.00. The molecule has 5 nitrogen and oxygen atoms in total. The minimum absolute atomic E-state index is 0.000348. The Bertz CT molecular complexity index is 863. The van der Waals surface area contributed by atoms with Crippen molar-refractivity contribution in [2.45, 2.75) is 82.4 Å². The van der Waals surface area contributed by atoms with E-state index in [4.69, 9.17) is 4.74 Å². The van der Waals surface area contributed by atoms with Gasteiger partial charge in [0, 0.05) is 5.56 Å². The summed E-state index contributed by atoms with van der Waals surface area (Å²) in [5.41, 5.74) is 0.411. The number of hydrogen-bond acceptors (Lipinski definition) is 4. The number of aromatic hydroxyl groups is 1. The first-order valence-corrected chi connectivity index (χ1v) is 12.4. The molecule has 0 radical (unpaired) electrons. The minimum Gasteiger partial charge on any atom is -0.508 e. The number of phenols is 1. The minimum atomic E-state index is -4.48. The number of phenolic OH excluding ortho intramolecular Hbond substituents is 1. The topological polar surface area (TPSA) is 83.8 Å². The Balaban J connectivity index is 1.97. The molecular formula is C24H34O5S.